The maximum absolute atomic E-state index is 11.7. The van der Waals surface area contributed by atoms with Crippen LogP contribution in [0.25, 0.3) is 0 Å². The van der Waals surface area contributed by atoms with Gasteiger partial charge < -0.3 is 15.0 Å². The van der Waals surface area contributed by atoms with Crippen LogP contribution in [0, 0.1) is 5.92 Å². The number of nitrogens with zero attached hydrogens (tertiary/aromatic N) is 1. The Hall–Kier alpha value is -1.55. The van der Waals surface area contributed by atoms with Crippen molar-refractivity contribution in [2.45, 2.75) is 19.8 Å². The molecule has 1 aliphatic rings. The van der Waals surface area contributed by atoms with Crippen LogP contribution >= 0.6 is 0 Å². The summed E-state index contributed by atoms with van der Waals surface area (Å²) in [4.78, 5) is 13.7. The smallest absolute Gasteiger partial charge is 0.236 e. The number of methoxy groups -OCH3 is 1. The molecule has 20 heavy (non-hydrogen) atoms. The van der Waals surface area contributed by atoms with Gasteiger partial charge in [0.05, 0.1) is 13.7 Å². The van der Waals surface area contributed by atoms with Gasteiger partial charge in [-0.3, -0.25) is 4.79 Å². The van der Waals surface area contributed by atoms with Gasteiger partial charge >= 0.3 is 0 Å². The summed E-state index contributed by atoms with van der Waals surface area (Å²) in [6, 6.07) is 8.15. The summed E-state index contributed by atoms with van der Waals surface area (Å²) in [5.74, 6) is 1.68. The SMILES string of the molecule is COc1ccccc1CCC(C)CN1CCNCC1=O. The Morgan fingerprint density at radius 2 is 2.20 bits per heavy atom. The molecule has 1 amide bonds. The van der Waals surface area contributed by atoms with Crippen LogP contribution in [0.1, 0.15) is 18.9 Å². The van der Waals surface area contributed by atoms with E-state index in [-0.39, 0.29) is 5.91 Å². The molecule has 1 N–H and O–H groups in total. The third-order valence-corrected chi connectivity index (χ3v) is 3.82. The van der Waals surface area contributed by atoms with Crippen molar-refractivity contribution in [2.24, 2.45) is 5.92 Å². The molecule has 1 aromatic rings. The minimum Gasteiger partial charge on any atom is -0.496 e. The number of carbonyl (C=O) groups excluding carboxylic acids is 1. The lowest BCUT2D eigenvalue weighted by atomic mass is 9.99. The zero-order valence-corrected chi connectivity index (χ0v) is 12.4. The number of rotatable bonds is 6. The maximum atomic E-state index is 11.7. The number of nitrogens with one attached hydrogen (secondary N) is 1. The van der Waals surface area contributed by atoms with E-state index in [0.29, 0.717) is 12.5 Å². The minimum absolute atomic E-state index is 0.223. The molecule has 0 saturated carbocycles. The molecule has 0 radical (unpaired) electrons. The standard InChI is InChI=1S/C16H24N2O2/c1-13(12-18-10-9-17-11-16(18)19)7-8-14-5-3-4-6-15(14)20-2/h3-6,13,17H,7-12H2,1-2H3. The fraction of sp³-hybridized carbons (Fsp3) is 0.562. The Bertz CT molecular complexity index is 448. The number of ether oxygens (including phenoxy) is 1. The first-order valence-electron chi connectivity index (χ1n) is 7.31. The third kappa shape index (κ3) is 3.97. The number of para-hydroxylation sites is 1. The van der Waals surface area contributed by atoms with Gasteiger partial charge in [-0.05, 0) is 30.4 Å². The summed E-state index contributed by atoms with van der Waals surface area (Å²) in [5.41, 5.74) is 1.24. The monoisotopic (exact) mass is 276 g/mol. The van der Waals surface area contributed by atoms with E-state index in [9.17, 15) is 4.79 Å². The Kier molecular flexibility index (Phi) is 5.41. The number of amides is 1. The number of piperazine rings is 1. The molecule has 110 valence electrons. The number of hydrogen-bond donors (Lipinski definition) is 1. The van der Waals surface area contributed by atoms with E-state index >= 15 is 0 Å². The number of aryl methyl sites for hydroxylation is 1. The van der Waals surface area contributed by atoms with Crippen molar-refractivity contribution < 1.29 is 9.53 Å². The largest absolute Gasteiger partial charge is 0.496 e. The van der Waals surface area contributed by atoms with Crippen molar-refractivity contribution >= 4 is 5.91 Å². The maximum Gasteiger partial charge on any atom is 0.236 e. The number of benzene rings is 1. The molecule has 4 nitrogen and oxygen atoms in total. The molecule has 1 aromatic carbocycles. The molecule has 1 aliphatic heterocycles. The predicted octanol–water partition coefficient (Wildman–Crippen LogP) is 1.70. The Balaban J connectivity index is 1.82. The molecular weight excluding hydrogens is 252 g/mol. The number of carbonyl (C=O) groups is 1. The lowest BCUT2D eigenvalue weighted by molar-refractivity contribution is -0.132. The summed E-state index contributed by atoms with van der Waals surface area (Å²) in [7, 11) is 1.71. The molecule has 1 heterocycles. The summed E-state index contributed by atoms with van der Waals surface area (Å²) < 4.78 is 5.37. The van der Waals surface area contributed by atoms with Crippen molar-refractivity contribution in [3.05, 3.63) is 29.8 Å². The minimum atomic E-state index is 0.223. The van der Waals surface area contributed by atoms with E-state index < -0.39 is 0 Å². The molecule has 1 saturated heterocycles. The molecule has 4 heteroatoms. The van der Waals surface area contributed by atoms with Crippen molar-refractivity contribution in [3.8, 4) is 5.75 Å². The van der Waals surface area contributed by atoms with Crippen LogP contribution in [0.4, 0.5) is 0 Å². The van der Waals surface area contributed by atoms with Gasteiger partial charge in [-0.15, -0.1) is 0 Å². The zero-order valence-electron chi connectivity index (χ0n) is 12.4. The average Bonchev–Trinajstić information content (AvgIpc) is 2.48. The first-order valence-corrected chi connectivity index (χ1v) is 7.31. The van der Waals surface area contributed by atoms with E-state index in [1.165, 1.54) is 5.56 Å². The van der Waals surface area contributed by atoms with Crippen LogP contribution in [0.5, 0.6) is 5.75 Å². The van der Waals surface area contributed by atoms with Crippen molar-refractivity contribution in [1.29, 1.82) is 0 Å². The van der Waals surface area contributed by atoms with Gasteiger partial charge in [0, 0.05) is 19.6 Å². The Morgan fingerprint density at radius 1 is 1.40 bits per heavy atom. The molecule has 0 spiro atoms. The van der Waals surface area contributed by atoms with E-state index in [1.54, 1.807) is 7.11 Å². The summed E-state index contributed by atoms with van der Waals surface area (Å²) in [6.45, 7) is 5.29. The quantitative estimate of drug-likeness (QED) is 0.860. The fourth-order valence-corrected chi connectivity index (χ4v) is 2.62. The van der Waals surface area contributed by atoms with Crippen LogP contribution in [0.2, 0.25) is 0 Å². The second-order valence-corrected chi connectivity index (χ2v) is 5.47. The fourth-order valence-electron chi connectivity index (χ4n) is 2.62. The van der Waals surface area contributed by atoms with Crippen molar-refractivity contribution in [2.75, 3.05) is 33.3 Å². The second-order valence-electron chi connectivity index (χ2n) is 5.47. The molecule has 1 fully saturated rings. The molecule has 0 aromatic heterocycles. The van der Waals surface area contributed by atoms with Gasteiger partial charge in [0.15, 0.2) is 0 Å². The van der Waals surface area contributed by atoms with Crippen LogP contribution < -0.4 is 10.1 Å². The van der Waals surface area contributed by atoms with E-state index in [2.05, 4.69) is 18.3 Å². The van der Waals surface area contributed by atoms with Gasteiger partial charge in [-0.1, -0.05) is 25.1 Å². The molecule has 1 unspecified atom stereocenters. The molecule has 2 rings (SSSR count). The van der Waals surface area contributed by atoms with Crippen LogP contribution in [0.3, 0.4) is 0 Å². The Morgan fingerprint density at radius 3 is 2.95 bits per heavy atom. The van der Waals surface area contributed by atoms with Gasteiger partial charge in [0.25, 0.3) is 0 Å². The third-order valence-electron chi connectivity index (χ3n) is 3.82. The first-order chi connectivity index (χ1) is 9.70. The van der Waals surface area contributed by atoms with Gasteiger partial charge in [-0.25, -0.2) is 0 Å². The second kappa shape index (κ2) is 7.29. The highest BCUT2D eigenvalue weighted by Gasteiger charge is 2.19. The summed E-state index contributed by atoms with van der Waals surface area (Å²) in [6.07, 6.45) is 2.06. The first kappa shape index (κ1) is 14.9. The molecule has 0 bridgehead atoms. The summed E-state index contributed by atoms with van der Waals surface area (Å²) >= 11 is 0. The number of hydrogen-bond acceptors (Lipinski definition) is 3. The lowest BCUT2D eigenvalue weighted by Crippen LogP contribution is -2.49. The normalized spacial score (nSPS) is 17.1. The van der Waals surface area contributed by atoms with Gasteiger partial charge in [-0.2, -0.15) is 0 Å². The Labute approximate surface area is 121 Å². The van der Waals surface area contributed by atoms with Crippen molar-refractivity contribution in [3.63, 3.8) is 0 Å². The van der Waals surface area contributed by atoms with E-state index in [0.717, 1.165) is 38.2 Å². The van der Waals surface area contributed by atoms with Crippen molar-refractivity contribution in [1.82, 2.24) is 10.2 Å². The predicted molar refractivity (Wildman–Crippen MR) is 79.9 cm³/mol. The van der Waals surface area contributed by atoms with Crippen LogP contribution in [-0.2, 0) is 11.2 Å². The van der Waals surface area contributed by atoms with E-state index in [1.807, 2.05) is 23.1 Å². The van der Waals surface area contributed by atoms with Gasteiger partial charge in [0.1, 0.15) is 5.75 Å². The van der Waals surface area contributed by atoms with Gasteiger partial charge in [0.2, 0.25) is 5.91 Å². The topological polar surface area (TPSA) is 41.6 Å². The highest BCUT2D eigenvalue weighted by molar-refractivity contribution is 5.78. The van der Waals surface area contributed by atoms with Crippen LogP contribution in [0.15, 0.2) is 24.3 Å². The molecule has 0 aliphatic carbocycles. The lowest BCUT2D eigenvalue weighted by Gasteiger charge is -2.29. The van der Waals surface area contributed by atoms with E-state index in [4.69, 9.17) is 4.74 Å². The average molecular weight is 276 g/mol. The molecular formula is C16H24N2O2. The summed E-state index contributed by atoms with van der Waals surface area (Å²) in [5, 5.41) is 3.10. The van der Waals surface area contributed by atoms with Crippen LogP contribution in [-0.4, -0.2) is 44.1 Å². The highest BCUT2D eigenvalue weighted by atomic mass is 16.5. The highest BCUT2D eigenvalue weighted by Crippen LogP contribution is 2.21. The molecule has 1 atom stereocenters. The zero-order chi connectivity index (χ0) is 14.4.